The van der Waals surface area contributed by atoms with Gasteiger partial charge < -0.3 is 20.3 Å². The number of anilines is 1. The van der Waals surface area contributed by atoms with Gasteiger partial charge >= 0.3 is 0 Å². The molecule has 0 aliphatic heterocycles. The predicted molar refractivity (Wildman–Crippen MR) is 105 cm³/mol. The average Bonchev–Trinajstić information content (AvgIpc) is 2.99. The molecule has 0 atom stereocenters. The van der Waals surface area contributed by atoms with E-state index in [4.69, 9.17) is 15.0 Å². The van der Waals surface area contributed by atoms with E-state index in [2.05, 4.69) is 20.4 Å². The number of aliphatic imine (C=N–C) groups is 1. The lowest BCUT2D eigenvalue weighted by molar-refractivity contribution is 0.185. The van der Waals surface area contributed by atoms with E-state index in [-0.39, 0.29) is 29.9 Å². The topological polar surface area (TPSA) is 98.6 Å². The monoisotopic (exact) mass is 445 g/mol. The van der Waals surface area contributed by atoms with Crippen LogP contribution in [0.25, 0.3) is 0 Å². The minimum Gasteiger partial charge on any atom is -0.380 e. The van der Waals surface area contributed by atoms with Gasteiger partial charge in [0.25, 0.3) is 0 Å². The van der Waals surface area contributed by atoms with Gasteiger partial charge in [0, 0.05) is 30.7 Å². The number of nitrogens with one attached hydrogen (secondary N) is 1. The maximum Gasteiger partial charge on any atom is 0.228 e. The highest BCUT2D eigenvalue weighted by Gasteiger charge is 2.09. The summed E-state index contributed by atoms with van der Waals surface area (Å²) in [6.07, 6.45) is 0.557. The highest BCUT2D eigenvalue weighted by atomic mass is 127. The van der Waals surface area contributed by atoms with Crippen LogP contribution >= 0.6 is 24.0 Å². The fourth-order valence-electron chi connectivity index (χ4n) is 1.98. The van der Waals surface area contributed by atoms with Crippen molar-refractivity contribution in [1.29, 1.82) is 0 Å². The number of aromatic nitrogens is 2. The van der Waals surface area contributed by atoms with Gasteiger partial charge in [-0.05, 0) is 6.07 Å². The maximum absolute atomic E-state index is 5.92. The molecule has 1 heterocycles. The molecule has 2 aromatic rings. The summed E-state index contributed by atoms with van der Waals surface area (Å²) in [4.78, 5) is 8.59. The van der Waals surface area contributed by atoms with Gasteiger partial charge in [-0.2, -0.15) is 4.98 Å². The van der Waals surface area contributed by atoms with E-state index < -0.39 is 0 Å². The molecule has 8 heteroatoms. The number of nitrogens with two attached hydrogens (primary N) is 1. The third kappa shape index (κ3) is 6.08. The average molecular weight is 445 g/mol. The lowest BCUT2D eigenvalue weighted by Gasteiger charge is -2.10. The van der Waals surface area contributed by atoms with Crippen LogP contribution in [0.3, 0.4) is 0 Å². The lowest BCUT2D eigenvalue weighted by Crippen LogP contribution is -2.23. The zero-order valence-electron chi connectivity index (χ0n) is 14.2. The summed E-state index contributed by atoms with van der Waals surface area (Å²) in [5, 5.41) is 7.00. The Morgan fingerprint density at radius 2 is 2.12 bits per heavy atom. The summed E-state index contributed by atoms with van der Waals surface area (Å²) in [5.41, 5.74) is 7.82. The second kappa shape index (κ2) is 10.2. The Hall–Kier alpha value is -1.68. The smallest absolute Gasteiger partial charge is 0.228 e. The van der Waals surface area contributed by atoms with Gasteiger partial charge in [-0.3, -0.25) is 4.99 Å². The summed E-state index contributed by atoms with van der Waals surface area (Å²) in [6, 6.07) is 7.80. The standard InChI is InChI=1S/C16H23N5O2.HI/c1-11(2)15-20-14(23-21-15)8-9-18-16(17)19-13-7-5-4-6-12(13)10-22-3;/h4-7,11H,8-10H2,1-3H3,(H3,17,18,19);1H. The molecule has 0 bridgehead atoms. The molecule has 0 saturated heterocycles. The Labute approximate surface area is 159 Å². The quantitative estimate of drug-likeness (QED) is 0.387. The zero-order valence-corrected chi connectivity index (χ0v) is 16.5. The second-order valence-electron chi connectivity index (χ2n) is 5.43. The summed E-state index contributed by atoms with van der Waals surface area (Å²) in [6.45, 7) is 5.03. The number of halogens is 1. The summed E-state index contributed by atoms with van der Waals surface area (Å²) < 4.78 is 10.3. The van der Waals surface area contributed by atoms with E-state index in [0.717, 1.165) is 11.3 Å². The van der Waals surface area contributed by atoms with Gasteiger partial charge in [0.2, 0.25) is 5.89 Å². The number of para-hydroxylation sites is 1. The second-order valence-corrected chi connectivity index (χ2v) is 5.43. The summed E-state index contributed by atoms with van der Waals surface area (Å²) in [5.74, 6) is 1.88. The largest absolute Gasteiger partial charge is 0.380 e. The molecule has 0 fully saturated rings. The molecule has 1 aromatic carbocycles. The number of rotatable bonds is 7. The van der Waals surface area contributed by atoms with Crippen molar-refractivity contribution in [3.8, 4) is 0 Å². The van der Waals surface area contributed by atoms with Crippen molar-refractivity contribution < 1.29 is 9.26 Å². The van der Waals surface area contributed by atoms with Crippen molar-refractivity contribution in [2.24, 2.45) is 10.7 Å². The van der Waals surface area contributed by atoms with Crippen molar-refractivity contribution in [3.63, 3.8) is 0 Å². The van der Waals surface area contributed by atoms with E-state index in [9.17, 15) is 0 Å². The minimum atomic E-state index is 0. The van der Waals surface area contributed by atoms with Crippen molar-refractivity contribution >= 4 is 35.6 Å². The van der Waals surface area contributed by atoms with Crippen LogP contribution in [-0.2, 0) is 17.8 Å². The zero-order chi connectivity index (χ0) is 16.7. The molecular weight excluding hydrogens is 421 g/mol. The molecule has 0 aliphatic carbocycles. The first-order valence-electron chi connectivity index (χ1n) is 7.56. The van der Waals surface area contributed by atoms with Crippen LogP contribution in [-0.4, -0.2) is 29.8 Å². The van der Waals surface area contributed by atoms with Crippen LogP contribution < -0.4 is 11.1 Å². The first-order chi connectivity index (χ1) is 11.1. The first kappa shape index (κ1) is 20.4. The number of hydrogen-bond donors (Lipinski definition) is 2. The lowest BCUT2D eigenvalue weighted by atomic mass is 10.2. The van der Waals surface area contributed by atoms with Crippen molar-refractivity contribution in [2.45, 2.75) is 32.8 Å². The van der Waals surface area contributed by atoms with Crippen LogP contribution in [0.15, 0.2) is 33.8 Å². The Morgan fingerprint density at radius 3 is 2.79 bits per heavy atom. The summed E-state index contributed by atoms with van der Waals surface area (Å²) >= 11 is 0. The third-order valence-electron chi connectivity index (χ3n) is 3.19. The molecule has 0 radical (unpaired) electrons. The minimum absolute atomic E-state index is 0. The van der Waals surface area contributed by atoms with E-state index in [1.165, 1.54) is 0 Å². The first-order valence-corrected chi connectivity index (χ1v) is 7.56. The fourth-order valence-corrected chi connectivity index (χ4v) is 1.98. The molecule has 0 saturated carbocycles. The Morgan fingerprint density at radius 1 is 1.38 bits per heavy atom. The number of nitrogens with zero attached hydrogens (tertiary/aromatic N) is 3. The Balaban J connectivity index is 0.00000288. The third-order valence-corrected chi connectivity index (χ3v) is 3.19. The van der Waals surface area contributed by atoms with Crippen molar-refractivity contribution in [1.82, 2.24) is 10.1 Å². The van der Waals surface area contributed by atoms with Crippen LogP contribution in [0.4, 0.5) is 5.69 Å². The molecule has 24 heavy (non-hydrogen) atoms. The molecule has 0 unspecified atom stereocenters. The van der Waals surface area contributed by atoms with E-state index in [1.807, 2.05) is 38.1 Å². The number of ether oxygens (including phenoxy) is 1. The van der Waals surface area contributed by atoms with E-state index in [1.54, 1.807) is 7.11 Å². The van der Waals surface area contributed by atoms with Gasteiger partial charge in [-0.15, -0.1) is 24.0 Å². The van der Waals surface area contributed by atoms with Crippen LogP contribution in [0.2, 0.25) is 0 Å². The highest BCUT2D eigenvalue weighted by Crippen LogP contribution is 2.15. The fraction of sp³-hybridized carbons (Fsp3) is 0.438. The molecule has 3 N–H and O–H groups in total. The van der Waals surface area contributed by atoms with Gasteiger partial charge in [0.1, 0.15) is 0 Å². The molecular formula is C16H24IN5O2. The van der Waals surface area contributed by atoms with Gasteiger partial charge in [0.15, 0.2) is 11.8 Å². The molecule has 2 rings (SSSR count). The highest BCUT2D eigenvalue weighted by molar-refractivity contribution is 14.0. The van der Waals surface area contributed by atoms with Gasteiger partial charge in [-0.25, -0.2) is 0 Å². The SMILES string of the molecule is COCc1ccccc1NC(N)=NCCc1nc(C(C)C)no1.I. The molecule has 0 aliphatic rings. The molecule has 1 aromatic heterocycles. The number of hydrogen-bond acceptors (Lipinski definition) is 5. The van der Waals surface area contributed by atoms with Gasteiger partial charge in [0.05, 0.1) is 13.2 Å². The van der Waals surface area contributed by atoms with E-state index >= 15 is 0 Å². The number of guanidine groups is 1. The van der Waals surface area contributed by atoms with E-state index in [0.29, 0.717) is 37.2 Å². The van der Waals surface area contributed by atoms with Crippen molar-refractivity contribution in [2.75, 3.05) is 19.0 Å². The Bertz CT molecular complexity index is 657. The summed E-state index contributed by atoms with van der Waals surface area (Å²) in [7, 11) is 1.66. The van der Waals surface area contributed by atoms with Crippen molar-refractivity contribution in [3.05, 3.63) is 41.5 Å². The molecule has 0 amide bonds. The molecule has 7 nitrogen and oxygen atoms in total. The van der Waals surface area contributed by atoms with Crippen LogP contribution in [0.1, 0.15) is 37.0 Å². The predicted octanol–water partition coefficient (Wildman–Crippen LogP) is 2.93. The van der Waals surface area contributed by atoms with Crippen LogP contribution in [0, 0.1) is 0 Å². The normalized spacial score (nSPS) is 11.4. The number of methoxy groups -OCH3 is 1. The van der Waals surface area contributed by atoms with Crippen LogP contribution in [0.5, 0.6) is 0 Å². The molecule has 0 spiro atoms. The Kier molecular flexibility index (Phi) is 8.69. The molecule has 132 valence electrons. The number of benzene rings is 1. The van der Waals surface area contributed by atoms with Gasteiger partial charge in [-0.1, -0.05) is 37.2 Å². The maximum atomic E-state index is 5.92.